The number of nitrogens with zero attached hydrogens (tertiary/aromatic N) is 3. The minimum absolute atomic E-state index is 0.378. The Balaban J connectivity index is 2.44. The van der Waals surface area contributed by atoms with Crippen molar-refractivity contribution in [1.82, 2.24) is 15.1 Å². The molecule has 1 fully saturated rings. The van der Waals surface area contributed by atoms with Crippen LogP contribution in [-0.4, -0.2) is 87.0 Å². The van der Waals surface area contributed by atoms with Gasteiger partial charge in [-0.15, -0.1) is 0 Å². The van der Waals surface area contributed by atoms with Crippen LogP contribution in [0.3, 0.4) is 0 Å². The van der Waals surface area contributed by atoms with E-state index in [4.69, 9.17) is 14.5 Å². The zero-order valence-corrected chi connectivity index (χ0v) is 18.0. The molecule has 0 aromatic rings. The summed E-state index contributed by atoms with van der Waals surface area (Å²) in [4.78, 5) is 9.76. The second-order valence-corrected chi connectivity index (χ2v) is 7.56. The molecule has 6 heteroatoms. The van der Waals surface area contributed by atoms with Gasteiger partial charge in [0.15, 0.2) is 5.96 Å². The van der Waals surface area contributed by atoms with Crippen molar-refractivity contribution < 1.29 is 9.47 Å². The van der Waals surface area contributed by atoms with Gasteiger partial charge in [-0.3, -0.25) is 9.89 Å². The van der Waals surface area contributed by atoms with Crippen molar-refractivity contribution in [2.75, 3.05) is 53.0 Å². The molecule has 0 radical (unpaired) electrons. The monoisotopic (exact) mass is 370 g/mol. The van der Waals surface area contributed by atoms with Gasteiger partial charge >= 0.3 is 0 Å². The van der Waals surface area contributed by atoms with Crippen LogP contribution in [0, 0.1) is 0 Å². The van der Waals surface area contributed by atoms with Crippen LogP contribution in [0.1, 0.15) is 53.9 Å². The number of piperidine rings is 1. The van der Waals surface area contributed by atoms with Gasteiger partial charge in [0.1, 0.15) is 0 Å². The van der Waals surface area contributed by atoms with Crippen LogP contribution in [0.4, 0.5) is 0 Å². The second kappa shape index (κ2) is 13.3. The largest absolute Gasteiger partial charge is 0.385 e. The number of nitrogens with one attached hydrogen (secondary N) is 1. The first-order valence-corrected chi connectivity index (χ1v) is 10.4. The Morgan fingerprint density at radius 2 is 1.81 bits per heavy atom. The molecule has 0 unspecified atom stereocenters. The third-order valence-electron chi connectivity index (χ3n) is 4.87. The summed E-state index contributed by atoms with van der Waals surface area (Å²) in [5, 5.41) is 3.46. The van der Waals surface area contributed by atoms with E-state index in [0.717, 1.165) is 71.2 Å². The molecule has 0 aliphatic carbocycles. The maximum Gasteiger partial charge on any atom is 0.193 e. The fourth-order valence-electron chi connectivity index (χ4n) is 3.50. The van der Waals surface area contributed by atoms with Gasteiger partial charge in [-0.2, -0.15) is 0 Å². The number of methoxy groups -OCH3 is 1. The van der Waals surface area contributed by atoms with E-state index >= 15 is 0 Å². The molecular weight excluding hydrogens is 328 g/mol. The smallest absolute Gasteiger partial charge is 0.193 e. The number of guanidine groups is 1. The summed E-state index contributed by atoms with van der Waals surface area (Å²) in [5.74, 6) is 1.05. The Morgan fingerprint density at radius 1 is 1.15 bits per heavy atom. The maximum absolute atomic E-state index is 5.96. The van der Waals surface area contributed by atoms with Gasteiger partial charge in [0.05, 0.1) is 12.6 Å². The first-order valence-electron chi connectivity index (χ1n) is 10.4. The topological polar surface area (TPSA) is 49.3 Å². The average Bonchev–Trinajstić information content (AvgIpc) is 2.61. The highest BCUT2D eigenvalue weighted by atomic mass is 16.5. The van der Waals surface area contributed by atoms with Gasteiger partial charge in [-0.05, 0) is 53.9 Å². The van der Waals surface area contributed by atoms with E-state index in [1.807, 2.05) is 0 Å². The molecule has 1 aliphatic rings. The summed E-state index contributed by atoms with van der Waals surface area (Å²) in [6, 6.07) is 1.11. The fraction of sp³-hybridized carbons (Fsp3) is 0.950. The molecule has 26 heavy (non-hydrogen) atoms. The fourth-order valence-corrected chi connectivity index (χ4v) is 3.50. The number of aliphatic imine (C=N–C) groups is 1. The van der Waals surface area contributed by atoms with E-state index in [-0.39, 0.29) is 0 Å². The van der Waals surface area contributed by atoms with Crippen molar-refractivity contribution in [3.63, 3.8) is 0 Å². The average molecular weight is 371 g/mol. The predicted octanol–water partition coefficient (Wildman–Crippen LogP) is 2.59. The molecule has 1 heterocycles. The summed E-state index contributed by atoms with van der Waals surface area (Å²) < 4.78 is 11.0. The minimum atomic E-state index is 0.378. The molecule has 0 bridgehead atoms. The standard InChI is InChI=1S/C20H42N4O2/c1-7-21-20(22-11-14-24(17(2)3)18(4)5)23-12-9-19(10-13-23)26-16-8-15-25-6/h17-19H,7-16H2,1-6H3,(H,21,22). The van der Waals surface area contributed by atoms with Crippen LogP contribution in [0.15, 0.2) is 4.99 Å². The zero-order chi connectivity index (χ0) is 19.4. The van der Waals surface area contributed by atoms with Crippen LogP contribution in [0.25, 0.3) is 0 Å². The van der Waals surface area contributed by atoms with Crippen LogP contribution >= 0.6 is 0 Å². The molecule has 1 N–H and O–H groups in total. The van der Waals surface area contributed by atoms with E-state index in [1.54, 1.807) is 7.11 Å². The third-order valence-corrected chi connectivity index (χ3v) is 4.87. The van der Waals surface area contributed by atoms with Gasteiger partial charge in [-0.25, -0.2) is 0 Å². The number of hydrogen-bond acceptors (Lipinski definition) is 4. The normalized spacial score (nSPS) is 17.0. The number of hydrogen-bond donors (Lipinski definition) is 1. The van der Waals surface area contributed by atoms with Gasteiger partial charge < -0.3 is 19.7 Å². The van der Waals surface area contributed by atoms with Gasteiger partial charge in [0.2, 0.25) is 0 Å². The van der Waals surface area contributed by atoms with E-state index in [2.05, 4.69) is 49.7 Å². The molecule has 6 nitrogen and oxygen atoms in total. The molecule has 0 aromatic carbocycles. The van der Waals surface area contributed by atoms with Crippen LogP contribution < -0.4 is 5.32 Å². The first-order chi connectivity index (χ1) is 12.5. The van der Waals surface area contributed by atoms with Crippen molar-refractivity contribution in [1.29, 1.82) is 0 Å². The van der Waals surface area contributed by atoms with Gasteiger partial charge in [0, 0.05) is 58.6 Å². The van der Waals surface area contributed by atoms with Gasteiger partial charge in [-0.1, -0.05) is 0 Å². The lowest BCUT2D eigenvalue weighted by Crippen LogP contribution is -2.47. The molecule has 154 valence electrons. The molecule has 0 saturated carbocycles. The van der Waals surface area contributed by atoms with Crippen molar-refractivity contribution in [3.8, 4) is 0 Å². The summed E-state index contributed by atoms with van der Waals surface area (Å²) in [5.41, 5.74) is 0. The van der Waals surface area contributed by atoms with Crippen molar-refractivity contribution >= 4 is 5.96 Å². The van der Waals surface area contributed by atoms with Crippen LogP contribution in [-0.2, 0) is 9.47 Å². The third kappa shape index (κ3) is 8.69. The Hall–Kier alpha value is -0.850. The Kier molecular flexibility index (Phi) is 11.9. The summed E-state index contributed by atoms with van der Waals surface area (Å²) >= 11 is 0. The van der Waals surface area contributed by atoms with E-state index < -0.39 is 0 Å². The lowest BCUT2D eigenvalue weighted by Gasteiger charge is -2.34. The van der Waals surface area contributed by atoms with E-state index in [0.29, 0.717) is 18.2 Å². The molecule has 0 atom stereocenters. The second-order valence-electron chi connectivity index (χ2n) is 7.56. The van der Waals surface area contributed by atoms with Crippen molar-refractivity contribution in [2.24, 2.45) is 4.99 Å². The van der Waals surface area contributed by atoms with E-state index in [1.165, 1.54) is 0 Å². The first kappa shape index (κ1) is 23.2. The summed E-state index contributed by atoms with van der Waals surface area (Å²) in [6.07, 6.45) is 3.50. The summed E-state index contributed by atoms with van der Waals surface area (Å²) in [6.45, 7) is 17.5. The highest BCUT2D eigenvalue weighted by Crippen LogP contribution is 2.14. The number of ether oxygens (including phenoxy) is 2. The Labute approximate surface area is 161 Å². The number of rotatable bonds is 11. The van der Waals surface area contributed by atoms with Crippen molar-refractivity contribution in [2.45, 2.75) is 72.1 Å². The van der Waals surface area contributed by atoms with Gasteiger partial charge in [0.25, 0.3) is 0 Å². The molecule has 1 rings (SSSR count). The SMILES string of the molecule is CCNC(=NCCN(C(C)C)C(C)C)N1CCC(OCCCOC)CC1. The molecule has 1 aliphatic heterocycles. The van der Waals surface area contributed by atoms with E-state index in [9.17, 15) is 0 Å². The Bertz CT molecular complexity index is 372. The maximum atomic E-state index is 5.96. The molecule has 0 amide bonds. The predicted molar refractivity (Wildman–Crippen MR) is 110 cm³/mol. The highest BCUT2D eigenvalue weighted by molar-refractivity contribution is 5.80. The van der Waals surface area contributed by atoms with Crippen LogP contribution in [0.2, 0.25) is 0 Å². The Morgan fingerprint density at radius 3 is 2.35 bits per heavy atom. The summed E-state index contributed by atoms with van der Waals surface area (Å²) in [7, 11) is 1.74. The molecule has 1 saturated heterocycles. The molecule has 0 aromatic heterocycles. The highest BCUT2D eigenvalue weighted by Gasteiger charge is 2.22. The quantitative estimate of drug-likeness (QED) is 0.344. The molecular formula is C20H42N4O2. The zero-order valence-electron chi connectivity index (χ0n) is 18.0. The minimum Gasteiger partial charge on any atom is -0.385 e. The lowest BCUT2D eigenvalue weighted by molar-refractivity contribution is 0.00989. The number of likely N-dealkylation sites (tertiary alicyclic amines) is 1. The lowest BCUT2D eigenvalue weighted by atomic mass is 10.1. The van der Waals surface area contributed by atoms with Crippen LogP contribution in [0.5, 0.6) is 0 Å². The van der Waals surface area contributed by atoms with Crippen molar-refractivity contribution in [3.05, 3.63) is 0 Å². The molecule has 0 spiro atoms.